The Morgan fingerprint density at radius 3 is 2.86 bits per heavy atom. The van der Waals surface area contributed by atoms with E-state index in [9.17, 15) is 10.1 Å². The van der Waals surface area contributed by atoms with E-state index in [1.54, 1.807) is 23.5 Å². The van der Waals surface area contributed by atoms with Crippen LogP contribution in [0.5, 0.6) is 0 Å². The van der Waals surface area contributed by atoms with Crippen LogP contribution in [-0.2, 0) is 17.6 Å². The average Bonchev–Trinajstić information content (AvgIpc) is 3.03. The lowest BCUT2D eigenvalue weighted by Crippen LogP contribution is -2.28. The fraction of sp³-hybridized carbons (Fsp3) is 0.391. The fourth-order valence-corrected chi connectivity index (χ4v) is 5.16. The minimum absolute atomic E-state index is 0.250. The Kier molecular flexibility index (Phi) is 6.27. The van der Waals surface area contributed by atoms with E-state index in [0.717, 1.165) is 36.8 Å². The summed E-state index contributed by atoms with van der Waals surface area (Å²) >= 11 is 7.68. The number of nitrogens with zero attached hydrogens (tertiary/aromatic N) is 1. The second-order valence-electron chi connectivity index (χ2n) is 7.95. The lowest BCUT2D eigenvalue weighted by molar-refractivity contribution is -0.111. The molecule has 28 heavy (non-hydrogen) atoms. The zero-order valence-corrected chi connectivity index (χ0v) is 18.1. The SMILES string of the molecule is CCC(C)(C)C1CCc2c(sc(NC(=O)C=Cc3ccccc3Cl)c2C#N)C1. The molecule has 5 heteroatoms. The Morgan fingerprint density at radius 2 is 2.18 bits per heavy atom. The molecule has 1 atom stereocenters. The highest BCUT2D eigenvalue weighted by molar-refractivity contribution is 7.16. The van der Waals surface area contributed by atoms with Crippen molar-refractivity contribution < 1.29 is 4.79 Å². The van der Waals surface area contributed by atoms with Gasteiger partial charge >= 0.3 is 0 Å². The number of nitrogens with one attached hydrogen (secondary N) is 1. The van der Waals surface area contributed by atoms with Crippen LogP contribution in [0.15, 0.2) is 30.3 Å². The van der Waals surface area contributed by atoms with Crippen LogP contribution in [0.3, 0.4) is 0 Å². The number of hydrogen-bond donors (Lipinski definition) is 1. The molecule has 1 aromatic heterocycles. The first-order chi connectivity index (χ1) is 13.4. The van der Waals surface area contributed by atoms with Gasteiger partial charge in [-0.3, -0.25) is 4.79 Å². The normalized spacial score (nSPS) is 16.6. The standard InChI is InChI=1S/C23H25ClN2OS/c1-4-23(2,3)16-10-11-17-18(14-25)22(28-20(17)13-16)26-21(27)12-9-15-7-5-6-8-19(15)24/h5-9,12,16H,4,10-11,13H2,1-3H3,(H,26,27). The topological polar surface area (TPSA) is 52.9 Å². The van der Waals surface area contributed by atoms with E-state index in [0.29, 0.717) is 21.5 Å². The van der Waals surface area contributed by atoms with E-state index >= 15 is 0 Å². The summed E-state index contributed by atoms with van der Waals surface area (Å²) in [5, 5.41) is 13.8. The van der Waals surface area contributed by atoms with Crippen LogP contribution in [0.2, 0.25) is 5.02 Å². The summed E-state index contributed by atoms with van der Waals surface area (Å²) in [5.74, 6) is 0.360. The number of anilines is 1. The van der Waals surface area contributed by atoms with Gasteiger partial charge in [0.1, 0.15) is 11.1 Å². The molecule has 1 unspecified atom stereocenters. The second kappa shape index (κ2) is 8.51. The summed E-state index contributed by atoms with van der Waals surface area (Å²) in [5.41, 5.74) is 2.83. The van der Waals surface area contributed by atoms with E-state index in [1.165, 1.54) is 11.0 Å². The highest BCUT2D eigenvalue weighted by Gasteiger charge is 2.33. The van der Waals surface area contributed by atoms with Crippen molar-refractivity contribution in [1.29, 1.82) is 5.26 Å². The zero-order valence-electron chi connectivity index (χ0n) is 16.5. The summed E-state index contributed by atoms with van der Waals surface area (Å²) in [6.07, 6.45) is 7.29. The number of hydrogen-bond acceptors (Lipinski definition) is 3. The predicted octanol–water partition coefficient (Wildman–Crippen LogP) is 6.47. The van der Waals surface area contributed by atoms with Gasteiger partial charge < -0.3 is 5.32 Å². The maximum Gasteiger partial charge on any atom is 0.249 e. The predicted molar refractivity (Wildman–Crippen MR) is 118 cm³/mol. The van der Waals surface area contributed by atoms with E-state index in [-0.39, 0.29) is 11.3 Å². The van der Waals surface area contributed by atoms with Crippen molar-refractivity contribution >= 4 is 39.9 Å². The molecule has 3 nitrogen and oxygen atoms in total. The maximum atomic E-state index is 12.4. The van der Waals surface area contributed by atoms with E-state index in [4.69, 9.17) is 11.6 Å². The van der Waals surface area contributed by atoms with Gasteiger partial charge in [0.15, 0.2) is 0 Å². The summed E-state index contributed by atoms with van der Waals surface area (Å²) in [4.78, 5) is 13.7. The fourth-order valence-electron chi connectivity index (χ4n) is 3.68. The summed E-state index contributed by atoms with van der Waals surface area (Å²) in [6, 6.07) is 9.67. The smallest absolute Gasteiger partial charge is 0.249 e. The molecule has 0 saturated heterocycles. The van der Waals surface area contributed by atoms with Crippen LogP contribution in [-0.4, -0.2) is 5.91 Å². The molecule has 1 aromatic carbocycles. The molecule has 1 heterocycles. The van der Waals surface area contributed by atoms with Gasteiger partial charge in [0.25, 0.3) is 0 Å². The Hall–Kier alpha value is -2.09. The van der Waals surface area contributed by atoms with Gasteiger partial charge in [-0.2, -0.15) is 5.26 Å². The maximum absolute atomic E-state index is 12.4. The Bertz CT molecular complexity index is 952. The Balaban J connectivity index is 1.78. The first-order valence-electron chi connectivity index (χ1n) is 9.64. The molecular formula is C23H25ClN2OS. The highest BCUT2D eigenvalue weighted by atomic mass is 35.5. The minimum atomic E-state index is -0.250. The monoisotopic (exact) mass is 412 g/mol. The molecule has 0 saturated carbocycles. The van der Waals surface area contributed by atoms with Crippen molar-refractivity contribution in [2.45, 2.75) is 46.5 Å². The summed E-state index contributed by atoms with van der Waals surface area (Å²) < 4.78 is 0. The molecule has 3 rings (SSSR count). The number of carbonyl (C=O) groups is 1. The van der Waals surface area contributed by atoms with Gasteiger partial charge in [-0.1, -0.05) is 57.0 Å². The Morgan fingerprint density at radius 1 is 1.43 bits per heavy atom. The van der Waals surface area contributed by atoms with Crippen LogP contribution in [0, 0.1) is 22.7 Å². The van der Waals surface area contributed by atoms with Crippen LogP contribution >= 0.6 is 22.9 Å². The number of fused-ring (bicyclic) bond motifs is 1. The van der Waals surface area contributed by atoms with Crippen LogP contribution in [0.25, 0.3) is 6.08 Å². The molecule has 1 N–H and O–H groups in total. The molecule has 0 fully saturated rings. The number of benzene rings is 1. The molecule has 146 valence electrons. The number of rotatable bonds is 5. The third kappa shape index (κ3) is 4.32. The molecule has 2 aromatic rings. The third-order valence-electron chi connectivity index (χ3n) is 5.95. The quantitative estimate of drug-likeness (QED) is 0.572. The van der Waals surface area contributed by atoms with Crippen molar-refractivity contribution in [3.8, 4) is 6.07 Å². The number of nitriles is 1. The third-order valence-corrected chi connectivity index (χ3v) is 7.46. The molecule has 0 spiro atoms. The molecule has 1 amide bonds. The average molecular weight is 413 g/mol. The van der Waals surface area contributed by atoms with Gasteiger partial charge in [-0.25, -0.2) is 0 Å². The Labute approximate surface area is 176 Å². The molecule has 0 radical (unpaired) electrons. The summed E-state index contributed by atoms with van der Waals surface area (Å²) in [7, 11) is 0. The lowest BCUT2D eigenvalue weighted by Gasteiger charge is -2.36. The van der Waals surface area contributed by atoms with Crippen LogP contribution < -0.4 is 5.32 Å². The van der Waals surface area contributed by atoms with Crippen molar-refractivity contribution in [3.63, 3.8) is 0 Å². The first-order valence-corrected chi connectivity index (χ1v) is 10.8. The van der Waals surface area contributed by atoms with Crippen LogP contribution in [0.4, 0.5) is 5.00 Å². The zero-order chi connectivity index (χ0) is 20.3. The van der Waals surface area contributed by atoms with Crippen molar-refractivity contribution in [1.82, 2.24) is 0 Å². The van der Waals surface area contributed by atoms with E-state index in [2.05, 4.69) is 32.2 Å². The summed E-state index contributed by atoms with van der Waals surface area (Å²) in [6.45, 7) is 6.88. The van der Waals surface area contributed by atoms with Gasteiger partial charge in [0.2, 0.25) is 5.91 Å². The minimum Gasteiger partial charge on any atom is -0.313 e. The second-order valence-corrected chi connectivity index (χ2v) is 9.46. The lowest BCUT2D eigenvalue weighted by atomic mass is 9.69. The van der Waals surface area contributed by atoms with E-state index in [1.807, 2.05) is 18.2 Å². The van der Waals surface area contributed by atoms with Crippen LogP contribution in [0.1, 0.15) is 55.2 Å². The number of amides is 1. The number of carbonyl (C=O) groups excluding carboxylic acids is 1. The van der Waals surface area contributed by atoms with Gasteiger partial charge in [0, 0.05) is 16.0 Å². The van der Waals surface area contributed by atoms with Crippen molar-refractivity contribution in [3.05, 3.63) is 56.9 Å². The molecule has 0 aliphatic heterocycles. The van der Waals surface area contributed by atoms with Gasteiger partial charge in [-0.05, 0) is 53.9 Å². The number of halogens is 1. The van der Waals surface area contributed by atoms with Gasteiger partial charge in [-0.15, -0.1) is 11.3 Å². The van der Waals surface area contributed by atoms with Crippen molar-refractivity contribution in [2.24, 2.45) is 11.3 Å². The first kappa shape index (κ1) is 20.6. The molecule has 1 aliphatic rings. The molecule has 1 aliphatic carbocycles. The van der Waals surface area contributed by atoms with E-state index < -0.39 is 0 Å². The highest BCUT2D eigenvalue weighted by Crippen LogP contribution is 2.45. The van der Waals surface area contributed by atoms with Gasteiger partial charge in [0.05, 0.1) is 5.56 Å². The molecular weight excluding hydrogens is 388 g/mol. The largest absolute Gasteiger partial charge is 0.313 e. The number of thiophene rings is 1. The molecule has 0 bridgehead atoms. The van der Waals surface area contributed by atoms with Crippen molar-refractivity contribution in [2.75, 3.05) is 5.32 Å².